The molecule has 0 amide bonds. The van der Waals surface area contributed by atoms with E-state index in [1.54, 1.807) is 18.2 Å². The normalized spacial score (nSPS) is 19.2. The van der Waals surface area contributed by atoms with Crippen molar-refractivity contribution in [1.29, 1.82) is 0 Å². The van der Waals surface area contributed by atoms with E-state index in [0.717, 1.165) is 30.3 Å². The molecule has 1 unspecified atom stereocenters. The lowest BCUT2D eigenvalue weighted by atomic mass is 10.1. The molecule has 1 saturated heterocycles. The molecule has 4 rings (SSSR count). The Hall–Kier alpha value is -1.84. The van der Waals surface area contributed by atoms with E-state index in [1.807, 2.05) is 19.9 Å². The van der Waals surface area contributed by atoms with Crippen molar-refractivity contribution in [3.8, 4) is 0 Å². The van der Waals surface area contributed by atoms with Gasteiger partial charge in [0.1, 0.15) is 15.9 Å². The number of nitrogens with zero attached hydrogens (tertiary/aromatic N) is 4. The average molecular weight is 378 g/mol. The van der Waals surface area contributed by atoms with Crippen LogP contribution < -0.4 is 0 Å². The van der Waals surface area contributed by atoms with Gasteiger partial charge in [-0.3, -0.25) is 0 Å². The van der Waals surface area contributed by atoms with Gasteiger partial charge in [0.2, 0.25) is 10.0 Å². The SMILES string of the molecule is CC(C)c1cc(C2CCCN2S(=O)(=O)c2cccc3nsnc23)on1. The van der Waals surface area contributed by atoms with Crippen LogP contribution in [0.3, 0.4) is 0 Å². The van der Waals surface area contributed by atoms with Crippen molar-refractivity contribution < 1.29 is 12.9 Å². The van der Waals surface area contributed by atoms with Crippen molar-refractivity contribution >= 4 is 32.8 Å². The molecule has 1 aromatic carbocycles. The van der Waals surface area contributed by atoms with Crippen molar-refractivity contribution in [3.63, 3.8) is 0 Å². The largest absolute Gasteiger partial charge is 0.359 e. The molecule has 1 fully saturated rings. The number of hydrogen-bond acceptors (Lipinski definition) is 7. The summed E-state index contributed by atoms with van der Waals surface area (Å²) in [6.07, 6.45) is 1.50. The molecule has 1 aliphatic heterocycles. The summed E-state index contributed by atoms with van der Waals surface area (Å²) >= 11 is 1.02. The monoisotopic (exact) mass is 378 g/mol. The van der Waals surface area contributed by atoms with Crippen molar-refractivity contribution in [2.45, 2.75) is 43.5 Å². The molecular formula is C16H18N4O3S2. The van der Waals surface area contributed by atoms with Crippen LogP contribution in [-0.2, 0) is 10.0 Å². The lowest BCUT2D eigenvalue weighted by Gasteiger charge is -2.22. The topological polar surface area (TPSA) is 89.2 Å². The fourth-order valence-electron chi connectivity index (χ4n) is 3.16. The third-order valence-electron chi connectivity index (χ3n) is 4.51. The third-order valence-corrected chi connectivity index (χ3v) is 6.99. The number of hydrogen-bond donors (Lipinski definition) is 0. The molecule has 1 atom stereocenters. The van der Waals surface area contributed by atoms with Crippen LogP contribution in [0.15, 0.2) is 33.7 Å². The zero-order chi connectivity index (χ0) is 17.6. The van der Waals surface area contributed by atoms with Crippen molar-refractivity contribution in [3.05, 3.63) is 35.7 Å². The van der Waals surface area contributed by atoms with Gasteiger partial charge in [-0.2, -0.15) is 13.1 Å². The molecule has 0 saturated carbocycles. The van der Waals surface area contributed by atoms with E-state index in [4.69, 9.17) is 4.52 Å². The van der Waals surface area contributed by atoms with Crippen LogP contribution in [0.1, 0.15) is 50.1 Å². The van der Waals surface area contributed by atoms with E-state index in [1.165, 1.54) is 4.31 Å². The quantitative estimate of drug-likeness (QED) is 0.692. The Morgan fingerprint density at radius 2 is 2.16 bits per heavy atom. The molecule has 7 nitrogen and oxygen atoms in total. The van der Waals surface area contributed by atoms with E-state index < -0.39 is 10.0 Å². The van der Waals surface area contributed by atoms with E-state index in [0.29, 0.717) is 23.3 Å². The highest BCUT2D eigenvalue weighted by molar-refractivity contribution is 7.89. The fourth-order valence-corrected chi connectivity index (χ4v) is 5.58. The first-order valence-corrected chi connectivity index (χ1v) is 10.3. The molecule has 2 aromatic heterocycles. The second-order valence-electron chi connectivity index (χ2n) is 6.47. The van der Waals surface area contributed by atoms with Gasteiger partial charge in [-0.1, -0.05) is 25.1 Å². The summed E-state index contributed by atoms with van der Waals surface area (Å²) in [7, 11) is -3.69. The second kappa shape index (κ2) is 6.15. The van der Waals surface area contributed by atoms with Gasteiger partial charge in [0.15, 0.2) is 5.76 Å². The van der Waals surface area contributed by atoms with E-state index in [9.17, 15) is 8.42 Å². The first kappa shape index (κ1) is 16.6. The lowest BCUT2D eigenvalue weighted by molar-refractivity contribution is 0.296. The maximum atomic E-state index is 13.3. The molecule has 9 heteroatoms. The Labute approximate surface area is 150 Å². The van der Waals surface area contributed by atoms with Crippen LogP contribution in [-0.4, -0.2) is 33.2 Å². The van der Waals surface area contributed by atoms with Gasteiger partial charge in [0, 0.05) is 12.6 Å². The van der Waals surface area contributed by atoms with Crippen LogP contribution in [0, 0.1) is 0 Å². The zero-order valence-corrected chi connectivity index (χ0v) is 15.5. The summed E-state index contributed by atoms with van der Waals surface area (Å²) in [5.74, 6) is 0.840. The van der Waals surface area contributed by atoms with Gasteiger partial charge >= 0.3 is 0 Å². The van der Waals surface area contributed by atoms with Gasteiger partial charge in [-0.05, 0) is 30.9 Å². The highest BCUT2D eigenvalue weighted by atomic mass is 32.2. The summed E-state index contributed by atoms with van der Waals surface area (Å²) in [6.45, 7) is 4.51. The standard InChI is InChI=1S/C16H18N4O3S2/c1-10(2)12-9-14(23-17-12)13-6-4-8-20(13)25(21,22)15-7-3-5-11-16(15)19-24-18-11/h3,5,7,9-10,13H,4,6,8H2,1-2H3. The second-order valence-corrected chi connectivity index (χ2v) is 8.86. The van der Waals surface area contributed by atoms with Crippen molar-refractivity contribution in [1.82, 2.24) is 18.2 Å². The minimum absolute atomic E-state index is 0.203. The van der Waals surface area contributed by atoms with Crippen LogP contribution in [0.5, 0.6) is 0 Å². The molecule has 25 heavy (non-hydrogen) atoms. The summed E-state index contributed by atoms with van der Waals surface area (Å²) in [6, 6.07) is 6.60. The van der Waals surface area contributed by atoms with Crippen molar-refractivity contribution in [2.24, 2.45) is 0 Å². The number of fused-ring (bicyclic) bond motifs is 1. The molecule has 0 spiro atoms. The summed E-state index contributed by atoms with van der Waals surface area (Å²) in [5.41, 5.74) is 1.87. The van der Waals surface area contributed by atoms with Crippen LogP contribution in [0.2, 0.25) is 0 Å². The van der Waals surface area contributed by atoms with Gasteiger partial charge in [0.05, 0.1) is 23.5 Å². The first-order valence-electron chi connectivity index (χ1n) is 8.18. The van der Waals surface area contributed by atoms with Gasteiger partial charge < -0.3 is 4.52 Å². The lowest BCUT2D eigenvalue weighted by Crippen LogP contribution is -2.30. The van der Waals surface area contributed by atoms with E-state index in [-0.39, 0.29) is 16.9 Å². The first-order chi connectivity index (χ1) is 12.0. The molecule has 0 radical (unpaired) electrons. The average Bonchev–Trinajstić information content (AvgIpc) is 3.31. The smallest absolute Gasteiger partial charge is 0.246 e. The number of benzene rings is 1. The fraction of sp³-hybridized carbons (Fsp3) is 0.438. The predicted octanol–water partition coefficient (Wildman–Crippen LogP) is 3.33. The van der Waals surface area contributed by atoms with Crippen LogP contribution in [0.4, 0.5) is 0 Å². The molecule has 3 aromatic rings. The zero-order valence-electron chi connectivity index (χ0n) is 13.9. The van der Waals surface area contributed by atoms with Crippen LogP contribution in [0.25, 0.3) is 11.0 Å². The molecule has 1 aliphatic rings. The highest BCUT2D eigenvalue weighted by Crippen LogP contribution is 2.38. The minimum Gasteiger partial charge on any atom is -0.359 e. The van der Waals surface area contributed by atoms with Gasteiger partial charge in [-0.15, -0.1) is 0 Å². The van der Waals surface area contributed by atoms with Crippen molar-refractivity contribution in [2.75, 3.05) is 6.54 Å². The molecular weight excluding hydrogens is 360 g/mol. The Morgan fingerprint density at radius 3 is 2.92 bits per heavy atom. The molecule has 0 aliphatic carbocycles. The predicted molar refractivity (Wildman–Crippen MR) is 93.9 cm³/mol. The van der Waals surface area contributed by atoms with E-state index in [2.05, 4.69) is 13.9 Å². The summed E-state index contributed by atoms with van der Waals surface area (Å²) < 4.78 is 41.8. The Morgan fingerprint density at radius 1 is 1.32 bits per heavy atom. The molecule has 3 heterocycles. The van der Waals surface area contributed by atoms with Gasteiger partial charge in [-0.25, -0.2) is 8.42 Å². The third kappa shape index (κ3) is 2.76. The Balaban J connectivity index is 1.75. The number of rotatable bonds is 4. The molecule has 0 bridgehead atoms. The Bertz CT molecular complexity index is 1010. The molecule has 132 valence electrons. The minimum atomic E-state index is -3.69. The summed E-state index contributed by atoms with van der Waals surface area (Å²) in [4.78, 5) is 0.203. The summed E-state index contributed by atoms with van der Waals surface area (Å²) in [5, 5.41) is 4.07. The Kier molecular flexibility index (Phi) is 4.09. The van der Waals surface area contributed by atoms with E-state index >= 15 is 0 Å². The maximum Gasteiger partial charge on any atom is 0.246 e. The number of aromatic nitrogens is 3. The molecule has 0 N–H and O–H groups in total. The van der Waals surface area contributed by atoms with Gasteiger partial charge in [0.25, 0.3) is 0 Å². The highest BCUT2D eigenvalue weighted by Gasteiger charge is 2.39. The van der Waals surface area contributed by atoms with Crippen LogP contribution >= 0.6 is 11.7 Å². The number of sulfonamides is 1. The maximum absolute atomic E-state index is 13.3.